The van der Waals surface area contributed by atoms with Crippen LogP contribution in [0.2, 0.25) is 0 Å². The van der Waals surface area contributed by atoms with Crippen molar-refractivity contribution in [3.63, 3.8) is 0 Å². The summed E-state index contributed by atoms with van der Waals surface area (Å²) in [6.45, 7) is 8.94. The highest BCUT2D eigenvalue weighted by atomic mass is 19.1. The molecule has 0 spiro atoms. The number of nitrogens with two attached hydrogens (primary N) is 1. The van der Waals surface area contributed by atoms with Crippen molar-refractivity contribution < 1.29 is 37.0 Å². The summed E-state index contributed by atoms with van der Waals surface area (Å²) >= 11 is 0. The van der Waals surface area contributed by atoms with Gasteiger partial charge in [-0.15, -0.1) is 0 Å². The van der Waals surface area contributed by atoms with Crippen molar-refractivity contribution in [3.05, 3.63) is 59.5 Å². The van der Waals surface area contributed by atoms with E-state index in [1.54, 1.807) is 26.8 Å². The van der Waals surface area contributed by atoms with E-state index in [2.05, 4.69) is 20.1 Å². The zero-order valence-corrected chi connectivity index (χ0v) is 28.4. The number of halogens is 2. The number of furan rings is 1. The van der Waals surface area contributed by atoms with Gasteiger partial charge in [-0.3, -0.25) is 14.6 Å². The summed E-state index contributed by atoms with van der Waals surface area (Å²) in [6, 6.07) is 9.05. The average molecular weight is 679 g/mol. The molecule has 0 unspecified atom stereocenters. The molecule has 3 N–H and O–H groups in total. The zero-order valence-electron chi connectivity index (χ0n) is 28.4. The lowest BCUT2D eigenvalue weighted by molar-refractivity contribution is 0.0589. The second kappa shape index (κ2) is 13.1. The van der Waals surface area contributed by atoms with Crippen molar-refractivity contribution in [2.24, 2.45) is 0 Å². The summed E-state index contributed by atoms with van der Waals surface area (Å²) in [5.41, 5.74) is 6.69. The molecule has 0 radical (unpaired) electrons. The smallest absolute Gasteiger partial charge is 0.414 e. The number of nitrogen functional groups attached to an aromatic ring is 1. The fraction of sp³-hybridized carbons (Fsp3) is 0.400. The van der Waals surface area contributed by atoms with E-state index < -0.39 is 51.9 Å². The molecule has 2 aromatic heterocycles. The number of fused-ring (bicyclic) bond motifs is 1. The van der Waals surface area contributed by atoms with Crippen LogP contribution in [0.3, 0.4) is 0 Å². The number of benzene rings is 2. The van der Waals surface area contributed by atoms with Crippen molar-refractivity contribution in [1.29, 1.82) is 0 Å². The Morgan fingerprint density at radius 1 is 1.02 bits per heavy atom. The fourth-order valence-electron chi connectivity index (χ4n) is 5.95. The van der Waals surface area contributed by atoms with Gasteiger partial charge >= 0.3 is 6.09 Å². The van der Waals surface area contributed by atoms with Crippen molar-refractivity contribution in [3.8, 4) is 11.5 Å². The molecule has 3 heterocycles. The van der Waals surface area contributed by atoms with Crippen LogP contribution in [-0.4, -0.2) is 80.8 Å². The molecule has 1 aliphatic carbocycles. The molecule has 1 aliphatic heterocycles. The van der Waals surface area contributed by atoms with Gasteiger partial charge in [0, 0.05) is 51.0 Å². The standard InChI is InChI=1S/C35H40F2N6O6/c1-35(2,3)49-34(45)41(4)31-21-16-27(40-23-10-9-20(15-22(23)38)43-13-11-42(12-14-43)19-7-8-19)39-18-26(21)48-33(31)32(44)28-29(36)24(46-5)17-25(47-6)30(28)37/h9-10,15-19H,7-8,11-14,38H2,1-6H3,(H,39,40). The molecule has 1 saturated heterocycles. The van der Waals surface area contributed by atoms with Gasteiger partial charge in [-0.2, -0.15) is 0 Å². The summed E-state index contributed by atoms with van der Waals surface area (Å²) in [5.74, 6) is -4.78. The number of methoxy groups -OCH3 is 2. The predicted octanol–water partition coefficient (Wildman–Crippen LogP) is 6.34. The zero-order chi connectivity index (χ0) is 35.2. The van der Waals surface area contributed by atoms with Crippen LogP contribution in [0.25, 0.3) is 11.0 Å². The molecule has 0 atom stereocenters. The highest BCUT2D eigenvalue weighted by Gasteiger charge is 2.35. The number of nitrogens with one attached hydrogen (secondary N) is 1. The van der Waals surface area contributed by atoms with E-state index in [9.17, 15) is 9.59 Å². The van der Waals surface area contributed by atoms with Crippen LogP contribution in [0.5, 0.6) is 11.5 Å². The van der Waals surface area contributed by atoms with Gasteiger partial charge in [-0.1, -0.05) is 0 Å². The van der Waals surface area contributed by atoms with E-state index >= 15 is 8.78 Å². The molecule has 4 aromatic rings. The van der Waals surface area contributed by atoms with Gasteiger partial charge < -0.3 is 34.6 Å². The second-order valence-electron chi connectivity index (χ2n) is 13.1. The lowest BCUT2D eigenvalue weighted by Crippen LogP contribution is -2.47. The normalized spacial score (nSPS) is 15.3. The van der Waals surface area contributed by atoms with E-state index in [0.717, 1.165) is 48.9 Å². The Balaban J connectivity index is 1.36. The number of carbonyl (C=O) groups is 2. The Labute approximate surface area is 282 Å². The minimum atomic E-state index is -1.26. The van der Waals surface area contributed by atoms with Crippen LogP contribution in [0.1, 0.15) is 49.7 Å². The molecule has 0 bridgehead atoms. The van der Waals surface area contributed by atoms with Gasteiger partial charge in [0.05, 0.1) is 37.2 Å². The third kappa shape index (κ3) is 6.77. The van der Waals surface area contributed by atoms with Crippen molar-refractivity contribution in [2.45, 2.75) is 45.3 Å². The Hall–Kier alpha value is -5.11. The lowest BCUT2D eigenvalue weighted by atomic mass is 10.0. The highest BCUT2D eigenvalue weighted by molar-refractivity contribution is 6.17. The van der Waals surface area contributed by atoms with Crippen LogP contribution < -0.4 is 30.3 Å². The number of carbonyl (C=O) groups excluding carboxylic acids is 2. The van der Waals surface area contributed by atoms with Crippen LogP contribution >= 0.6 is 0 Å². The first-order valence-corrected chi connectivity index (χ1v) is 16.0. The number of aromatic nitrogens is 1. The third-order valence-electron chi connectivity index (χ3n) is 8.60. The molecule has 14 heteroatoms. The summed E-state index contributed by atoms with van der Waals surface area (Å²) in [5, 5.41) is 3.44. The van der Waals surface area contributed by atoms with E-state index in [-0.39, 0.29) is 16.7 Å². The topological polar surface area (TPSA) is 136 Å². The van der Waals surface area contributed by atoms with Crippen molar-refractivity contribution >= 4 is 51.4 Å². The number of ketones is 1. The number of pyridine rings is 1. The number of amides is 1. The Kier molecular flexibility index (Phi) is 9.01. The van der Waals surface area contributed by atoms with Crippen molar-refractivity contribution in [1.82, 2.24) is 9.88 Å². The molecule has 6 rings (SSSR count). The maximum absolute atomic E-state index is 15.5. The van der Waals surface area contributed by atoms with Crippen LogP contribution in [-0.2, 0) is 4.74 Å². The molecule has 12 nitrogen and oxygen atoms in total. The average Bonchev–Trinajstić information content (AvgIpc) is 3.85. The minimum Gasteiger partial charge on any atom is -0.494 e. The van der Waals surface area contributed by atoms with Crippen LogP contribution in [0, 0.1) is 11.6 Å². The van der Waals surface area contributed by atoms with Gasteiger partial charge in [-0.05, 0) is 57.9 Å². The molecular formula is C35H40F2N6O6. The van der Waals surface area contributed by atoms with Crippen molar-refractivity contribution in [2.75, 3.05) is 68.3 Å². The first-order chi connectivity index (χ1) is 23.3. The summed E-state index contributed by atoms with van der Waals surface area (Å²) < 4.78 is 52.4. The number of ether oxygens (including phenoxy) is 3. The maximum atomic E-state index is 15.5. The van der Waals surface area contributed by atoms with Gasteiger partial charge in [0.1, 0.15) is 22.7 Å². The SMILES string of the molecule is COc1cc(OC)c(F)c(C(=O)c2oc3cnc(Nc4ccc(N5CCN(C6CC6)CC5)cc4N)cc3c2N(C)C(=O)OC(C)(C)C)c1F. The third-order valence-corrected chi connectivity index (χ3v) is 8.60. The largest absolute Gasteiger partial charge is 0.494 e. The molecule has 2 aromatic carbocycles. The number of hydrogen-bond donors (Lipinski definition) is 2. The fourth-order valence-corrected chi connectivity index (χ4v) is 5.95. The van der Waals surface area contributed by atoms with Crippen LogP contribution in [0.4, 0.5) is 42.1 Å². The van der Waals surface area contributed by atoms with E-state index in [0.29, 0.717) is 17.2 Å². The van der Waals surface area contributed by atoms with Gasteiger partial charge in [-0.25, -0.2) is 18.6 Å². The van der Waals surface area contributed by atoms with Gasteiger partial charge in [0.15, 0.2) is 34.5 Å². The van der Waals surface area contributed by atoms with E-state index in [4.69, 9.17) is 24.4 Å². The first kappa shape index (κ1) is 33.8. The predicted molar refractivity (Wildman–Crippen MR) is 182 cm³/mol. The maximum Gasteiger partial charge on any atom is 0.414 e. The van der Waals surface area contributed by atoms with Gasteiger partial charge in [0.2, 0.25) is 5.78 Å². The molecule has 1 saturated carbocycles. The molecule has 1 amide bonds. The number of anilines is 5. The Morgan fingerprint density at radius 2 is 1.67 bits per heavy atom. The summed E-state index contributed by atoms with van der Waals surface area (Å²) in [7, 11) is 3.70. The van der Waals surface area contributed by atoms with Crippen LogP contribution in [0.15, 0.2) is 40.9 Å². The molecule has 2 aliphatic rings. The lowest BCUT2D eigenvalue weighted by Gasteiger charge is -2.36. The Bertz CT molecular complexity index is 1880. The molecule has 2 fully saturated rings. The number of rotatable bonds is 9. The number of piperazine rings is 1. The van der Waals surface area contributed by atoms with Gasteiger partial charge in [0.25, 0.3) is 0 Å². The summed E-state index contributed by atoms with van der Waals surface area (Å²) in [4.78, 5) is 37.6. The molecule has 49 heavy (non-hydrogen) atoms. The quantitative estimate of drug-likeness (QED) is 0.152. The number of hydrogen-bond acceptors (Lipinski definition) is 11. The summed E-state index contributed by atoms with van der Waals surface area (Å²) in [6.07, 6.45) is 3.08. The minimum absolute atomic E-state index is 0.0728. The highest BCUT2D eigenvalue weighted by Crippen LogP contribution is 2.40. The van der Waals surface area contributed by atoms with E-state index in [1.807, 2.05) is 18.2 Å². The van der Waals surface area contributed by atoms with E-state index in [1.165, 1.54) is 40.3 Å². The second-order valence-corrected chi connectivity index (χ2v) is 13.1. The first-order valence-electron chi connectivity index (χ1n) is 16.0. The number of nitrogens with zero attached hydrogens (tertiary/aromatic N) is 4. The molecule has 260 valence electrons. The molecular weight excluding hydrogens is 638 g/mol. The monoisotopic (exact) mass is 678 g/mol. The Morgan fingerprint density at radius 3 is 2.24 bits per heavy atom.